The summed E-state index contributed by atoms with van der Waals surface area (Å²) in [4.78, 5) is 13.6. The maximum atomic E-state index is 12.5. The van der Waals surface area contributed by atoms with Gasteiger partial charge >= 0.3 is 0 Å². The number of hydrogen-bond acceptors (Lipinski definition) is 6. The Labute approximate surface area is 155 Å². The summed E-state index contributed by atoms with van der Waals surface area (Å²) >= 11 is 1.23. The third kappa shape index (κ3) is 3.87. The predicted octanol–water partition coefficient (Wildman–Crippen LogP) is 3.37. The van der Waals surface area contributed by atoms with Gasteiger partial charge in [0.05, 0.1) is 23.1 Å². The number of sulfonamides is 1. The Morgan fingerprint density at radius 1 is 1.23 bits per heavy atom. The van der Waals surface area contributed by atoms with Crippen LogP contribution < -0.4 is 9.46 Å². The molecule has 0 saturated carbocycles. The standard InChI is InChI=1S/C18H17NO5S2/c1-12-10-14(6-7-15(12)23-2)26(21,22)19-11-13-5-8-17(25-13)18(20)16-4-3-9-24-16/h3-10,19H,11H2,1-2H3. The monoisotopic (exact) mass is 391 g/mol. The molecule has 0 radical (unpaired) electrons. The highest BCUT2D eigenvalue weighted by Gasteiger charge is 2.18. The Balaban J connectivity index is 1.70. The quantitative estimate of drug-likeness (QED) is 0.624. The Kier molecular flexibility index (Phi) is 5.26. The Bertz CT molecular complexity index is 1020. The Morgan fingerprint density at radius 2 is 2.04 bits per heavy atom. The van der Waals surface area contributed by atoms with Gasteiger partial charge in [-0.3, -0.25) is 4.79 Å². The molecule has 0 saturated heterocycles. The van der Waals surface area contributed by atoms with Crippen LogP contribution in [0.25, 0.3) is 0 Å². The van der Waals surface area contributed by atoms with Gasteiger partial charge in [0, 0.05) is 11.4 Å². The lowest BCUT2D eigenvalue weighted by Crippen LogP contribution is -2.22. The van der Waals surface area contributed by atoms with Gasteiger partial charge in [0.2, 0.25) is 15.8 Å². The molecule has 1 N–H and O–H groups in total. The first-order chi connectivity index (χ1) is 12.4. The second-order valence-corrected chi connectivity index (χ2v) is 8.46. The molecule has 3 aromatic rings. The summed E-state index contributed by atoms with van der Waals surface area (Å²) in [6.07, 6.45) is 1.44. The van der Waals surface area contributed by atoms with E-state index in [1.165, 1.54) is 30.8 Å². The van der Waals surface area contributed by atoms with Gasteiger partial charge in [0.1, 0.15) is 5.75 Å². The number of hydrogen-bond donors (Lipinski definition) is 1. The molecule has 2 aromatic heterocycles. The lowest BCUT2D eigenvalue weighted by molar-refractivity contribution is 0.101. The number of thiophene rings is 1. The van der Waals surface area contributed by atoms with Gasteiger partial charge in [-0.05, 0) is 55.0 Å². The van der Waals surface area contributed by atoms with Crippen LogP contribution in [-0.2, 0) is 16.6 Å². The van der Waals surface area contributed by atoms with E-state index in [2.05, 4.69) is 4.72 Å². The summed E-state index contributed by atoms with van der Waals surface area (Å²) in [5.41, 5.74) is 0.734. The van der Waals surface area contributed by atoms with Crippen molar-refractivity contribution in [3.63, 3.8) is 0 Å². The minimum atomic E-state index is -3.66. The van der Waals surface area contributed by atoms with Gasteiger partial charge < -0.3 is 9.15 Å². The van der Waals surface area contributed by atoms with E-state index in [1.54, 1.807) is 43.3 Å². The van der Waals surface area contributed by atoms with Crippen LogP contribution in [0.2, 0.25) is 0 Å². The number of rotatable bonds is 7. The molecule has 0 spiro atoms. The molecule has 136 valence electrons. The second-order valence-electron chi connectivity index (χ2n) is 5.53. The van der Waals surface area contributed by atoms with Crippen LogP contribution in [0.3, 0.4) is 0 Å². The molecular weight excluding hydrogens is 374 g/mol. The fourth-order valence-corrected chi connectivity index (χ4v) is 4.47. The molecule has 0 aliphatic heterocycles. The van der Waals surface area contributed by atoms with Crippen molar-refractivity contribution in [1.82, 2.24) is 4.72 Å². The molecule has 0 atom stereocenters. The molecule has 8 heteroatoms. The fraction of sp³-hybridized carbons (Fsp3) is 0.167. The van der Waals surface area contributed by atoms with Crippen molar-refractivity contribution in [2.24, 2.45) is 0 Å². The molecule has 26 heavy (non-hydrogen) atoms. The van der Waals surface area contributed by atoms with Crippen LogP contribution >= 0.6 is 11.3 Å². The van der Waals surface area contributed by atoms with Crippen LogP contribution in [-0.4, -0.2) is 21.3 Å². The van der Waals surface area contributed by atoms with Crippen molar-refractivity contribution in [2.45, 2.75) is 18.4 Å². The summed E-state index contributed by atoms with van der Waals surface area (Å²) in [7, 11) is -2.13. The average Bonchev–Trinajstić information content (AvgIpc) is 3.31. The van der Waals surface area contributed by atoms with E-state index in [1.807, 2.05) is 0 Å². The average molecular weight is 391 g/mol. The number of aryl methyl sites for hydroxylation is 1. The number of benzene rings is 1. The zero-order valence-electron chi connectivity index (χ0n) is 14.2. The predicted molar refractivity (Wildman–Crippen MR) is 98.2 cm³/mol. The molecule has 0 aliphatic rings. The Morgan fingerprint density at radius 3 is 2.69 bits per heavy atom. The van der Waals surface area contributed by atoms with Gasteiger partial charge in [-0.2, -0.15) is 0 Å². The number of carbonyl (C=O) groups is 1. The van der Waals surface area contributed by atoms with Crippen LogP contribution in [0, 0.1) is 6.92 Å². The highest BCUT2D eigenvalue weighted by atomic mass is 32.2. The lowest BCUT2D eigenvalue weighted by Gasteiger charge is -2.09. The number of furan rings is 1. The molecular formula is C18H17NO5S2. The molecule has 0 unspecified atom stereocenters. The van der Waals surface area contributed by atoms with E-state index in [9.17, 15) is 13.2 Å². The topological polar surface area (TPSA) is 85.6 Å². The summed E-state index contributed by atoms with van der Waals surface area (Å²) in [5.74, 6) is 0.663. The SMILES string of the molecule is COc1ccc(S(=O)(=O)NCc2ccc(C(=O)c3ccco3)s2)cc1C. The highest BCUT2D eigenvalue weighted by molar-refractivity contribution is 7.89. The Hall–Kier alpha value is -2.42. The van der Waals surface area contributed by atoms with Crippen LogP contribution in [0.4, 0.5) is 0 Å². The fourth-order valence-electron chi connectivity index (χ4n) is 2.39. The summed E-state index contributed by atoms with van der Waals surface area (Å²) < 4.78 is 37.7. The molecule has 0 fully saturated rings. The van der Waals surface area contributed by atoms with Crippen molar-refractivity contribution in [1.29, 1.82) is 0 Å². The van der Waals surface area contributed by atoms with Gasteiger partial charge in [0.15, 0.2) is 5.76 Å². The molecule has 0 amide bonds. The van der Waals surface area contributed by atoms with Crippen molar-refractivity contribution in [3.8, 4) is 5.75 Å². The van der Waals surface area contributed by atoms with E-state index in [0.29, 0.717) is 10.6 Å². The van der Waals surface area contributed by atoms with E-state index < -0.39 is 10.0 Å². The first-order valence-electron chi connectivity index (χ1n) is 7.72. The zero-order chi connectivity index (χ0) is 18.7. The maximum Gasteiger partial charge on any atom is 0.240 e. The number of nitrogens with one attached hydrogen (secondary N) is 1. The molecule has 6 nitrogen and oxygen atoms in total. The number of ether oxygens (including phenoxy) is 1. The first kappa shape index (κ1) is 18.4. The van der Waals surface area contributed by atoms with Crippen LogP contribution in [0.15, 0.2) is 58.0 Å². The van der Waals surface area contributed by atoms with E-state index >= 15 is 0 Å². The molecule has 0 aliphatic carbocycles. The van der Waals surface area contributed by atoms with Gasteiger partial charge in [0.25, 0.3) is 0 Å². The molecule has 1 aromatic carbocycles. The van der Waals surface area contributed by atoms with Crippen molar-refractivity contribution < 1.29 is 22.4 Å². The number of methoxy groups -OCH3 is 1. The third-order valence-electron chi connectivity index (χ3n) is 3.74. The largest absolute Gasteiger partial charge is 0.496 e. The van der Waals surface area contributed by atoms with E-state index in [-0.39, 0.29) is 23.0 Å². The van der Waals surface area contributed by atoms with Gasteiger partial charge in [-0.25, -0.2) is 13.1 Å². The summed E-state index contributed by atoms with van der Waals surface area (Å²) in [6, 6.07) is 11.3. The smallest absolute Gasteiger partial charge is 0.240 e. The van der Waals surface area contributed by atoms with E-state index in [4.69, 9.17) is 9.15 Å². The minimum absolute atomic E-state index is 0.101. The van der Waals surface area contributed by atoms with E-state index in [0.717, 1.165) is 10.4 Å². The summed E-state index contributed by atoms with van der Waals surface area (Å²) in [6.45, 7) is 1.88. The minimum Gasteiger partial charge on any atom is -0.496 e. The zero-order valence-corrected chi connectivity index (χ0v) is 15.8. The first-order valence-corrected chi connectivity index (χ1v) is 10.0. The van der Waals surface area contributed by atoms with Gasteiger partial charge in [-0.15, -0.1) is 11.3 Å². The van der Waals surface area contributed by atoms with Crippen molar-refractivity contribution >= 4 is 27.1 Å². The van der Waals surface area contributed by atoms with Crippen LogP contribution in [0.5, 0.6) is 5.75 Å². The van der Waals surface area contributed by atoms with Crippen molar-refractivity contribution in [3.05, 3.63) is 69.8 Å². The van der Waals surface area contributed by atoms with Crippen molar-refractivity contribution in [2.75, 3.05) is 7.11 Å². The molecule has 3 rings (SSSR count). The molecule has 0 bridgehead atoms. The lowest BCUT2D eigenvalue weighted by atomic mass is 10.2. The number of carbonyl (C=O) groups excluding carboxylic acids is 1. The number of ketones is 1. The van der Waals surface area contributed by atoms with Crippen LogP contribution in [0.1, 0.15) is 25.9 Å². The molecule has 2 heterocycles. The maximum absolute atomic E-state index is 12.5. The normalized spacial score (nSPS) is 11.5. The highest BCUT2D eigenvalue weighted by Crippen LogP contribution is 2.23. The third-order valence-corrected chi connectivity index (χ3v) is 6.23. The van der Waals surface area contributed by atoms with Gasteiger partial charge in [-0.1, -0.05) is 0 Å². The second kappa shape index (κ2) is 7.45. The summed E-state index contributed by atoms with van der Waals surface area (Å²) in [5, 5.41) is 0.